The van der Waals surface area contributed by atoms with Crippen LogP contribution in [0.5, 0.6) is 0 Å². The third-order valence-corrected chi connectivity index (χ3v) is 5.89. The Morgan fingerprint density at radius 1 is 0.958 bits per heavy atom. The molecular weight excluding hydrogens is 391 g/mol. The van der Waals surface area contributed by atoms with Gasteiger partial charge in [0.15, 0.2) is 0 Å². The van der Waals surface area contributed by atoms with Crippen molar-refractivity contribution in [1.29, 1.82) is 0 Å². The van der Waals surface area contributed by atoms with E-state index in [0.717, 1.165) is 18.8 Å². The van der Waals surface area contributed by atoms with E-state index >= 15 is 0 Å². The highest BCUT2D eigenvalue weighted by Gasteiger charge is 2.19. The van der Waals surface area contributed by atoms with Gasteiger partial charge >= 0.3 is 0 Å². The van der Waals surface area contributed by atoms with Gasteiger partial charge in [0.1, 0.15) is 4.90 Å². The second-order valence-corrected chi connectivity index (χ2v) is 7.92. The summed E-state index contributed by atoms with van der Waals surface area (Å²) < 4.78 is 27.4. The summed E-state index contributed by atoms with van der Waals surface area (Å²) in [5.41, 5.74) is 1.22. The summed E-state index contributed by atoms with van der Waals surface area (Å²) in [7, 11) is -3.83. The summed E-state index contributed by atoms with van der Waals surface area (Å²) in [5, 5.41) is 0.896. The predicted octanol–water partition coefficient (Wildman–Crippen LogP) is 5.29. The van der Waals surface area contributed by atoms with Gasteiger partial charge in [0.2, 0.25) is 0 Å². The Morgan fingerprint density at radius 2 is 1.62 bits per heavy atom. The second-order valence-electron chi connectivity index (χ2n) is 5.02. The molecule has 0 heterocycles. The van der Waals surface area contributed by atoms with E-state index in [2.05, 4.69) is 9.62 Å². The average molecular weight is 408 g/mol. The Kier molecular flexibility index (Phi) is 6.26. The molecule has 4 nitrogen and oxygen atoms in total. The number of nitrogens with zero attached hydrogens (tertiary/aromatic N) is 1. The Morgan fingerprint density at radius 3 is 2.17 bits per heavy atom. The van der Waals surface area contributed by atoms with Crippen molar-refractivity contribution in [1.82, 2.24) is 0 Å². The molecule has 0 aliphatic heterocycles. The van der Waals surface area contributed by atoms with Crippen LogP contribution in [-0.2, 0) is 10.0 Å². The van der Waals surface area contributed by atoms with E-state index < -0.39 is 10.0 Å². The van der Waals surface area contributed by atoms with Gasteiger partial charge in [-0.15, -0.1) is 0 Å². The number of hydrogen-bond acceptors (Lipinski definition) is 3. The van der Waals surface area contributed by atoms with Crippen molar-refractivity contribution in [2.45, 2.75) is 18.7 Å². The minimum atomic E-state index is -3.83. The Bertz CT molecular complexity index is 837. The van der Waals surface area contributed by atoms with Crippen LogP contribution < -0.4 is 9.62 Å². The van der Waals surface area contributed by atoms with E-state index in [9.17, 15) is 8.42 Å². The molecule has 1 N–H and O–H groups in total. The third-order valence-electron chi connectivity index (χ3n) is 3.49. The monoisotopic (exact) mass is 406 g/mol. The molecule has 2 aromatic rings. The molecular formula is C16H17Cl3N2O2S. The van der Waals surface area contributed by atoms with Crippen molar-refractivity contribution < 1.29 is 8.42 Å². The van der Waals surface area contributed by atoms with E-state index in [1.54, 1.807) is 18.2 Å². The minimum Gasteiger partial charge on any atom is -0.371 e. The first-order valence-corrected chi connectivity index (χ1v) is 9.92. The van der Waals surface area contributed by atoms with Gasteiger partial charge in [0.05, 0.1) is 21.4 Å². The lowest BCUT2D eigenvalue weighted by Crippen LogP contribution is -2.22. The van der Waals surface area contributed by atoms with Crippen molar-refractivity contribution in [3.05, 3.63) is 51.5 Å². The molecule has 0 saturated carbocycles. The van der Waals surface area contributed by atoms with Gasteiger partial charge in [0, 0.05) is 18.1 Å². The first-order valence-electron chi connectivity index (χ1n) is 7.30. The van der Waals surface area contributed by atoms with Gasteiger partial charge in [-0.05, 0) is 50.2 Å². The summed E-state index contributed by atoms with van der Waals surface area (Å²) >= 11 is 18.1. The summed E-state index contributed by atoms with van der Waals surface area (Å²) in [6, 6.07) is 9.25. The van der Waals surface area contributed by atoms with Crippen LogP contribution in [-0.4, -0.2) is 21.5 Å². The van der Waals surface area contributed by atoms with E-state index in [-0.39, 0.29) is 9.92 Å². The largest absolute Gasteiger partial charge is 0.371 e. The summed E-state index contributed by atoms with van der Waals surface area (Å²) in [6.45, 7) is 5.67. The fourth-order valence-corrected chi connectivity index (χ4v) is 4.42. The van der Waals surface area contributed by atoms with Gasteiger partial charge in [-0.2, -0.15) is 0 Å². The maximum Gasteiger partial charge on any atom is 0.263 e. The molecule has 0 saturated heterocycles. The molecule has 0 aliphatic rings. The van der Waals surface area contributed by atoms with Gasteiger partial charge in [-0.25, -0.2) is 8.42 Å². The fourth-order valence-electron chi connectivity index (χ4n) is 2.29. The lowest BCUT2D eigenvalue weighted by Gasteiger charge is -2.22. The van der Waals surface area contributed by atoms with Crippen LogP contribution in [0.25, 0.3) is 0 Å². The SMILES string of the molecule is CCN(CC)c1ccc(NS(=O)(=O)c2ccc(Cl)cc2Cl)cc1Cl. The second kappa shape index (κ2) is 7.83. The third kappa shape index (κ3) is 4.28. The van der Waals surface area contributed by atoms with E-state index in [4.69, 9.17) is 34.8 Å². The predicted molar refractivity (Wildman–Crippen MR) is 102 cm³/mol. The summed E-state index contributed by atoms with van der Waals surface area (Å²) in [4.78, 5) is 2.04. The number of halogens is 3. The topological polar surface area (TPSA) is 49.4 Å². The number of benzene rings is 2. The minimum absolute atomic E-state index is 0.0440. The molecule has 0 atom stereocenters. The van der Waals surface area contributed by atoms with Crippen LogP contribution in [0.4, 0.5) is 11.4 Å². The molecule has 0 aliphatic carbocycles. The highest BCUT2D eigenvalue weighted by atomic mass is 35.5. The first kappa shape index (κ1) is 19.2. The lowest BCUT2D eigenvalue weighted by molar-refractivity contribution is 0.601. The molecule has 8 heteroatoms. The molecule has 0 radical (unpaired) electrons. The number of sulfonamides is 1. The van der Waals surface area contributed by atoms with Crippen LogP contribution in [0.1, 0.15) is 13.8 Å². The highest BCUT2D eigenvalue weighted by molar-refractivity contribution is 7.92. The molecule has 130 valence electrons. The van der Waals surface area contributed by atoms with E-state index in [1.807, 2.05) is 13.8 Å². The van der Waals surface area contributed by atoms with Crippen LogP contribution >= 0.6 is 34.8 Å². The van der Waals surface area contributed by atoms with E-state index in [1.165, 1.54) is 18.2 Å². The summed E-state index contributed by atoms with van der Waals surface area (Å²) in [6.07, 6.45) is 0. The lowest BCUT2D eigenvalue weighted by atomic mass is 10.2. The molecule has 0 bridgehead atoms. The molecule has 0 spiro atoms. The quantitative estimate of drug-likeness (QED) is 0.707. The van der Waals surface area contributed by atoms with Crippen molar-refractivity contribution in [3.63, 3.8) is 0 Å². The number of nitrogens with one attached hydrogen (secondary N) is 1. The van der Waals surface area contributed by atoms with Gasteiger partial charge in [-0.3, -0.25) is 4.72 Å². The average Bonchev–Trinajstić information content (AvgIpc) is 2.49. The number of hydrogen-bond donors (Lipinski definition) is 1. The van der Waals surface area contributed by atoms with Crippen LogP contribution in [0.3, 0.4) is 0 Å². The fraction of sp³-hybridized carbons (Fsp3) is 0.250. The van der Waals surface area contributed by atoms with Crippen LogP contribution in [0.15, 0.2) is 41.3 Å². The zero-order chi connectivity index (χ0) is 17.9. The highest BCUT2D eigenvalue weighted by Crippen LogP contribution is 2.31. The maximum atomic E-state index is 12.5. The number of rotatable bonds is 6. The molecule has 0 aromatic heterocycles. The van der Waals surface area contributed by atoms with Crippen molar-refractivity contribution in [2.24, 2.45) is 0 Å². The Labute approximate surface area is 157 Å². The van der Waals surface area contributed by atoms with Gasteiger partial charge in [-0.1, -0.05) is 34.8 Å². The van der Waals surface area contributed by atoms with Crippen molar-refractivity contribution in [3.8, 4) is 0 Å². The summed E-state index contributed by atoms with van der Waals surface area (Å²) in [5.74, 6) is 0. The normalized spacial score (nSPS) is 11.4. The molecule has 2 rings (SSSR count). The zero-order valence-electron chi connectivity index (χ0n) is 13.2. The Balaban J connectivity index is 2.32. The van der Waals surface area contributed by atoms with Crippen LogP contribution in [0.2, 0.25) is 15.1 Å². The van der Waals surface area contributed by atoms with Crippen LogP contribution in [0, 0.1) is 0 Å². The molecule has 24 heavy (non-hydrogen) atoms. The van der Waals surface area contributed by atoms with Gasteiger partial charge < -0.3 is 4.90 Å². The van der Waals surface area contributed by atoms with Crippen molar-refractivity contribution >= 4 is 56.2 Å². The Hall–Kier alpha value is -1.14. The molecule has 0 fully saturated rings. The maximum absolute atomic E-state index is 12.5. The molecule has 2 aromatic carbocycles. The smallest absolute Gasteiger partial charge is 0.263 e. The molecule has 0 amide bonds. The number of anilines is 2. The standard InChI is InChI=1S/C16H17Cl3N2O2S/c1-3-21(4-2)15-7-6-12(10-13(15)18)20-24(22,23)16-8-5-11(17)9-14(16)19/h5-10,20H,3-4H2,1-2H3. The molecule has 0 unspecified atom stereocenters. The van der Waals surface area contributed by atoms with E-state index in [0.29, 0.717) is 15.7 Å². The zero-order valence-corrected chi connectivity index (χ0v) is 16.3. The van der Waals surface area contributed by atoms with Crippen molar-refractivity contribution in [2.75, 3.05) is 22.7 Å². The van der Waals surface area contributed by atoms with Gasteiger partial charge in [0.25, 0.3) is 10.0 Å². The first-order chi connectivity index (χ1) is 11.3.